The summed E-state index contributed by atoms with van der Waals surface area (Å²) in [6.45, 7) is 0. The summed E-state index contributed by atoms with van der Waals surface area (Å²) >= 11 is 4.72. The highest BCUT2D eigenvalue weighted by molar-refractivity contribution is 9.10. The zero-order chi connectivity index (χ0) is 19.0. The van der Waals surface area contributed by atoms with Crippen LogP contribution in [0.3, 0.4) is 0 Å². The molecule has 8 heteroatoms. The van der Waals surface area contributed by atoms with E-state index in [9.17, 15) is 4.79 Å². The molecule has 0 unspecified atom stereocenters. The molecule has 0 aliphatic rings. The number of rotatable bonds is 4. The van der Waals surface area contributed by atoms with Gasteiger partial charge in [-0.3, -0.25) is 4.79 Å². The molecule has 0 spiro atoms. The van der Waals surface area contributed by atoms with Gasteiger partial charge in [-0.25, -0.2) is 0 Å². The van der Waals surface area contributed by atoms with Crippen molar-refractivity contribution in [3.8, 4) is 22.9 Å². The van der Waals surface area contributed by atoms with Crippen molar-refractivity contribution in [2.45, 2.75) is 0 Å². The molecule has 2 heterocycles. The lowest BCUT2D eigenvalue weighted by atomic mass is 10.2. The Labute approximate surface area is 166 Å². The molecule has 0 saturated heterocycles. The SMILES string of the molecule is COc1ccc(Br)cc1/C=c1\sc2nc(-c3ccccc3OC)nn2c1=O. The quantitative estimate of drug-likeness (QED) is 0.484. The Balaban J connectivity index is 1.85. The van der Waals surface area contributed by atoms with E-state index in [1.54, 1.807) is 20.3 Å². The summed E-state index contributed by atoms with van der Waals surface area (Å²) < 4.78 is 13.5. The Morgan fingerprint density at radius 3 is 2.63 bits per heavy atom. The van der Waals surface area contributed by atoms with E-state index < -0.39 is 0 Å². The monoisotopic (exact) mass is 443 g/mol. The van der Waals surface area contributed by atoms with Crippen molar-refractivity contribution in [1.82, 2.24) is 14.6 Å². The highest BCUT2D eigenvalue weighted by atomic mass is 79.9. The number of aromatic nitrogens is 3. The maximum atomic E-state index is 12.8. The molecule has 0 bridgehead atoms. The zero-order valence-corrected chi connectivity index (χ0v) is 16.9. The number of benzene rings is 2. The number of halogens is 1. The van der Waals surface area contributed by atoms with E-state index in [0.717, 1.165) is 15.6 Å². The fourth-order valence-corrected chi connectivity index (χ4v) is 4.01. The Morgan fingerprint density at radius 1 is 1.11 bits per heavy atom. The Morgan fingerprint density at radius 2 is 1.89 bits per heavy atom. The van der Waals surface area contributed by atoms with Gasteiger partial charge >= 0.3 is 0 Å². The molecule has 2 aromatic carbocycles. The van der Waals surface area contributed by atoms with Crippen molar-refractivity contribution in [1.29, 1.82) is 0 Å². The average molecular weight is 444 g/mol. The van der Waals surface area contributed by atoms with Crippen LogP contribution in [0, 0.1) is 0 Å². The fraction of sp³-hybridized carbons (Fsp3) is 0.105. The summed E-state index contributed by atoms with van der Waals surface area (Å²) in [5.41, 5.74) is 1.33. The maximum absolute atomic E-state index is 12.8. The van der Waals surface area contributed by atoms with Crippen LogP contribution in [-0.4, -0.2) is 28.8 Å². The van der Waals surface area contributed by atoms with Gasteiger partial charge in [-0.05, 0) is 36.4 Å². The van der Waals surface area contributed by atoms with Crippen molar-refractivity contribution in [2.75, 3.05) is 14.2 Å². The molecule has 0 atom stereocenters. The lowest BCUT2D eigenvalue weighted by Crippen LogP contribution is -2.23. The molecule has 0 aliphatic heterocycles. The second-order valence-corrected chi connectivity index (χ2v) is 7.56. The van der Waals surface area contributed by atoms with Crippen molar-refractivity contribution < 1.29 is 9.47 Å². The number of thiazole rings is 1. The largest absolute Gasteiger partial charge is 0.496 e. The van der Waals surface area contributed by atoms with Crippen LogP contribution in [0.2, 0.25) is 0 Å². The minimum Gasteiger partial charge on any atom is -0.496 e. The molecule has 0 N–H and O–H groups in total. The lowest BCUT2D eigenvalue weighted by Gasteiger charge is -2.04. The number of para-hydroxylation sites is 1. The third-order valence-electron chi connectivity index (χ3n) is 4.01. The van der Waals surface area contributed by atoms with Crippen molar-refractivity contribution in [3.05, 3.63) is 67.4 Å². The van der Waals surface area contributed by atoms with Crippen molar-refractivity contribution in [3.63, 3.8) is 0 Å². The molecule has 136 valence electrons. The highest BCUT2D eigenvalue weighted by Gasteiger charge is 2.15. The topological polar surface area (TPSA) is 65.7 Å². The standard InChI is InChI=1S/C19H14BrN3O3S/c1-25-14-8-7-12(20)9-11(14)10-16-18(24)23-19(27-16)21-17(22-23)13-5-3-4-6-15(13)26-2/h3-10H,1-2H3/b16-10-. The molecule has 27 heavy (non-hydrogen) atoms. The number of hydrogen-bond acceptors (Lipinski definition) is 6. The van der Waals surface area contributed by atoms with Gasteiger partial charge in [-0.2, -0.15) is 9.50 Å². The minimum absolute atomic E-state index is 0.217. The van der Waals surface area contributed by atoms with E-state index in [4.69, 9.17) is 9.47 Å². The number of hydrogen-bond donors (Lipinski definition) is 0. The van der Waals surface area contributed by atoms with E-state index in [2.05, 4.69) is 26.0 Å². The lowest BCUT2D eigenvalue weighted by molar-refractivity contribution is 0.413. The molecule has 0 fully saturated rings. The normalized spacial score (nSPS) is 11.9. The van der Waals surface area contributed by atoms with Crippen molar-refractivity contribution >= 4 is 38.3 Å². The van der Waals surface area contributed by atoms with E-state index in [0.29, 0.717) is 26.8 Å². The molecule has 6 nitrogen and oxygen atoms in total. The van der Waals surface area contributed by atoms with Crippen LogP contribution in [0.15, 0.2) is 51.7 Å². The first-order valence-corrected chi connectivity index (χ1v) is 9.60. The van der Waals surface area contributed by atoms with E-state index >= 15 is 0 Å². The van der Waals surface area contributed by atoms with Gasteiger partial charge in [0.1, 0.15) is 11.5 Å². The summed E-state index contributed by atoms with van der Waals surface area (Å²) in [5.74, 6) is 1.81. The summed E-state index contributed by atoms with van der Waals surface area (Å²) in [4.78, 5) is 17.8. The highest BCUT2D eigenvalue weighted by Crippen LogP contribution is 2.27. The Bertz CT molecular complexity index is 1250. The second kappa shape index (κ2) is 7.13. The van der Waals surface area contributed by atoms with Gasteiger partial charge in [0, 0.05) is 10.0 Å². The van der Waals surface area contributed by atoms with E-state index in [1.807, 2.05) is 42.5 Å². The molecule has 0 radical (unpaired) electrons. The van der Waals surface area contributed by atoms with E-state index in [-0.39, 0.29) is 5.56 Å². The van der Waals surface area contributed by atoms with Gasteiger partial charge < -0.3 is 9.47 Å². The third-order valence-corrected chi connectivity index (χ3v) is 5.46. The Hall–Kier alpha value is -2.71. The predicted octanol–water partition coefficient (Wildman–Crippen LogP) is 3.15. The molecule has 0 saturated carbocycles. The molecule has 2 aromatic heterocycles. The number of methoxy groups -OCH3 is 2. The average Bonchev–Trinajstić information content (AvgIpc) is 3.22. The van der Waals surface area contributed by atoms with Crippen LogP contribution in [0.25, 0.3) is 22.4 Å². The third kappa shape index (κ3) is 3.22. The molecule has 0 amide bonds. The molecular weight excluding hydrogens is 430 g/mol. The van der Waals surface area contributed by atoms with Crippen LogP contribution in [0.4, 0.5) is 0 Å². The minimum atomic E-state index is -0.217. The van der Waals surface area contributed by atoms with Gasteiger partial charge in [-0.1, -0.05) is 39.4 Å². The fourth-order valence-electron chi connectivity index (χ4n) is 2.74. The molecule has 4 rings (SSSR count). The first-order chi connectivity index (χ1) is 13.1. The zero-order valence-electron chi connectivity index (χ0n) is 14.5. The summed E-state index contributed by atoms with van der Waals surface area (Å²) in [6.07, 6.45) is 1.79. The first-order valence-electron chi connectivity index (χ1n) is 7.99. The van der Waals surface area contributed by atoms with Gasteiger partial charge in [0.25, 0.3) is 5.56 Å². The smallest absolute Gasteiger partial charge is 0.291 e. The van der Waals surface area contributed by atoms with Gasteiger partial charge in [0.15, 0.2) is 5.82 Å². The van der Waals surface area contributed by atoms with Crippen molar-refractivity contribution in [2.24, 2.45) is 0 Å². The summed E-state index contributed by atoms with van der Waals surface area (Å²) in [5, 5.41) is 4.38. The first kappa shape index (κ1) is 17.7. The maximum Gasteiger partial charge on any atom is 0.291 e. The number of nitrogens with zero attached hydrogens (tertiary/aromatic N) is 3. The number of ether oxygens (including phenoxy) is 2. The Kier molecular flexibility index (Phi) is 4.67. The number of fused-ring (bicyclic) bond motifs is 1. The molecule has 4 aromatic rings. The second-order valence-electron chi connectivity index (χ2n) is 5.63. The van der Waals surface area contributed by atoms with Crippen LogP contribution in [-0.2, 0) is 0 Å². The van der Waals surface area contributed by atoms with Gasteiger partial charge in [0.2, 0.25) is 4.96 Å². The molecular formula is C19H14BrN3O3S. The van der Waals surface area contributed by atoms with Crippen LogP contribution in [0.1, 0.15) is 5.56 Å². The van der Waals surface area contributed by atoms with Crippen LogP contribution in [0.5, 0.6) is 11.5 Å². The van der Waals surface area contributed by atoms with Crippen LogP contribution < -0.4 is 19.6 Å². The molecule has 0 aliphatic carbocycles. The van der Waals surface area contributed by atoms with Gasteiger partial charge in [-0.15, -0.1) is 5.10 Å². The van der Waals surface area contributed by atoms with E-state index in [1.165, 1.54) is 15.9 Å². The van der Waals surface area contributed by atoms with Gasteiger partial charge in [0.05, 0.1) is 24.3 Å². The van der Waals surface area contributed by atoms with Crippen LogP contribution >= 0.6 is 27.3 Å². The summed E-state index contributed by atoms with van der Waals surface area (Å²) in [7, 11) is 3.19. The summed E-state index contributed by atoms with van der Waals surface area (Å²) in [6, 6.07) is 13.1. The predicted molar refractivity (Wildman–Crippen MR) is 109 cm³/mol.